The molecule has 1 aliphatic heterocycles. The van der Waals surface area contributed by atoms with E-state index < -0.39 is 0 Å². The van der Waals surface area contributed by atoms with Gasteiger partial charge in [0.25, 0.3) is 0 Å². The Kier molecular flexibility index (Phi) is 3.29. The van der Waals surface area contributed by atoms with E-state index in [4.69, 9.17) is 4.74 Å². The van der Waals surface area contributed by atoms with Crippen molar-refractivity contribution in [3.05, 3.63) is 12.3 Å². The zero-order chi connectivity index (χ0) is 8.97. The number of hydrogen-bond acceptors (Lipinski definition) is 3. The van der Waals surface area contributed by atoms with Gasteiger partial charge in [0.1, 0.15) is 6.10 Å². The van der Waals surface area contributed by atoms with Gasteiger partial charge in [0.05, 0.1) is 0 Å². The van der Waals surface area contributed by atoms with Crippen molar-refractivity contribution in [3.63, 3.8) is 0 Å². The normalized spacial score (nSPS) is 23.3. The number of nitrogens with zero attached hydrogens (tertiary/aromatic N) is 1. The molecule has 68 valence electrons. The van der Waals surface area contributed by atoms with Crippen LogP contribution in [0.5, 0.6) is 0 Å². The number of ketones is 1. The Hall–Kier alpha value is -0.830. The Morgan fingerprint density at radius 3 is 2.83 bits per heavy atom. The summed E-state index contributed by atoms with van der Waals surface area (Å²) >= 11 is 0. The van der Waals surface area contributed by atoms with E-state index >= 15 is 0 Å². The van der Waals surface area contributed by atoms with Crippen molar-refractivity contribution in [1.29, 1.82) is 0 Å². The molecule has 0 saturated carbocycles. The van der Waals surface area contributed by atoms with Gasteiger partial charge < -0.3 is 9.64 Å². The molecule has 1 rings (SSSR count). The molecule has 0 radical (unpaired) electrons. The molecule has 0 spiro atoms. The molecule has 12 heavy (non-hydrogen) atoms. The van der Waals surface area contributed by atoms with Crippen LogP contribution in [0.1, 0.15) is 12.8 Å². The maximum Gasteiger partial charge on any atom is 0.185 e. The second kappa shape index (κ2) is 4.26. The van der Waals surface area contributed by atoms with Crippen LogP contribution >= 0.6 is 0 Å². The molecule has 0 amide bonds. The van der Waals surface area contributed by atoms with Crippen LogP contribution < -0.4 is 0 Å². The Balaban J connectivity index is 2.36. The van der Waals surface area contributed by atoms with Crippen molar-refractivity contribution in [2.24, 2.45) is 0 Å². The number of carbonyl (C=O) groups excluding carboxylic acids is 1. The van der Waals surface area contributed by atoms with Crippen molar-refractivity contribution in [3.8, 4) is 0 Å². The second-order valence-corrected chi connectivity index (χ2v) is 3.18. The first-order valence-electron chi connectivity index (χ1n) is 4.20. The van der Waals surface area contributed by atoms with Gasteiger partial charge in [-0.2, -0.15) is 0 Å². The number of carbonyl (C=O) groups is 1. The topological polar surface area (TPSA) is 29.5 Å². The van der Waals surface area contributed by atoms with Gasteiger partial charge in [0.2, 0.25) is 0 Å². The molecule has 1 fully saturated rings. The molecular formula is C9H15NO2. The Morgan fingerprint density at radius 1 is 1.58 bits per heavy atom. The second-order valence-electron chi connectivity index (χ2n) is 3.18. The standard InChI is InChI=1S/C9H15NO2/c1-10(2)6-5-8(11)9-4-3-7-12-9/h5-6,9H,3-4,7H2,1-2H3/b6-5+. The Bertz CT molecular complexity index is 181. The highest BCUT2D eigenvalue weighted by Crippen LogP contribution is 2.12. The third-order valence-corrected chi connectivity index (χ3v) is 1.78. The van der Waals surface area contributed by atoms with E-state index in [0.717, 1.165) is 19.4 Å². The van der Waals surface area contributed by atoms with Crippen LogP contribution in [-0.4, -0.2) is 37.5 Å². The lowest BCUT2D eigenvalue weighted by atomic mass is 10.1. The third-order valence-electron chi connectivity index (χ3n) is 1.78. The maximum absolute atomic E-state index is 11.3. The molecule has 1 unspecified atom stereocenters. The molecule has 0 aliphatic carbocycles. The lowest BCUT2D eigenvalue weighted by Gasteiger charge is -2.06. The molecule has 1 heterocycles. The zero-order valence-electron chi connectivity index (χ0n) is 7.62. The molecule has 3 nitrogen and oxygen atoms in total. The number of ether oxygens (including phenoxy) is 1. The summed E-state index contributed by atoms with van der Waals surface area (Å²) in [4.78, 5) is 13.2. The quantitative estimate of drug-likeness (QED) is 0.585. The van der Waals surface area contributed by atoms with Crippen molar-refractivity contribution in [1.82, 2.24) is 4.90 Å². The largest absolute Gasteiger partial charge is 0.383 e. The fourth-order valence-electron chi connectivity index (χ4n) is 1.13. The van der Waals surface area contributed by atoms with Crippen LogP contribution in [-0.2, 0) is 9.53 Å². The van der Waals surface area contributed by atoms with Gasteiger partial charge in [0, 0.05) is 26.9 Å². The van der Waals surface area contributed by atoms with Gasteiger partial charge in [-0.3, -0.25) is 4.79 Å². The van der Waals surface area contributed by atoms with E-state index in [9.17, 15) is 4.79 Å². The Morgan fingerprint density at radius 2 is 2.33 bits per heavy atom. The zero-order valence-corrected chi connectivity index (χ0v) is 7.62. The summed E-state index contributed by atoms with van der Waals surface area (Å²) in [5.41, 5.74) is 0. The van der Waals surface area contributed by atoms with E-state index in [1.165, 1.54) is 0 Å². The molecule has 0 bridgehead atoms. The number of hydrogen-bond donors (Lipinski definition) is 0. The van der Waals surface area contributed by atoms with Crippen LogP contribution in [0.2, 0.25) is 0 Å². The summed E-state index contributed by atoms with van der Waals surface area (Å²) in [6.45, 7) is 0.728. The SMILES string of the molecule is CN(C)/C=C/C(=O)C1CCCO1. The molecule has 3 heteroatoms. The molecule has 0 aromatic carbocycles. The molecule has 0 aromatic rings. The van der Waals surface area contributed by atoms with Gasteiger partial charge in [-0.1, -0.05) is 0 Å². The lowest BCUT2D eigenvalue weighted by Crippen LogP contribution is -2.17. The van der Waals surface area contributed by atoms with E-state index in [1.54, 1.807) is 12.3 Å². The van der Waals surface area contributed by atoms with Crippen LogP contribution in [0.25, 0.3) is 0 Å². The molecule has 1 saturated heterocycles. The summed E-state index contributed by atoms with van der Waals surface area (Å²) in [7, 11) is 3.78. The van der Waals surface area contributed by atoms with Crippen molar-refractivity contribution in [2.45, 2.75) is 18.9 Å². The summed E-state index contributed by atoms with van der Waals surface area (Å²) in [5.74, 6) is 0.0844. The minimum atomic E-state index is -0.179. The molecule has 0 N–H and O–H groups in total. The van der Waals surface area contributed by atoms with Gasteiger partial charge in [-0.05, 0) is 18.9 Å². The first-order valence-corrected chi connectivity index (χ1v) is 4.20. The van der Waals surface area contributed by atoms with E-state index in [0.29, 0.717) is 0 Å². The summed E-state index contributed by atoms with van der Waals surface area (Å²) in [6.07, 6.45) is 5.03. The maximum atomic E-state index is 11.3. The monoisotopic (exact) mass is 169 g/mol. The highest BCUT2D eigenvalue weighted by molar-refractivity contribution is 5.93. The predicted molar refractivity (Wildman–Crippen MR) is 46.8 cm³/mol. The van der Waals surface area contributed by atoms with Crippen LogP contribution in [0.3, 0.4) is 0 Å². The summed E-state index contributed by atoms with van der Waals surface area (Å²) < 4.78 is 5.23. The molecule has 1 atom stereocenters. The molecular weight excluding hydrogens is 154 g/mol. The average Bonchev–Trinajstić information content (AvgIpc) is 2.51. The van der Waals surface area contributed by atoms with Crippen molar-refractivity contribution >= 4 is 5.78 Å². The molecule has 0 aromatic heterocycles. The lowest BCUT2D eigenvalue weighted by molar-refractivity contribution is -0.123. The minimum absolute atomic E-state index is 0.0844. The molecule has 1 aliphatic rings. The Labute approximate surface area is 73.0 Å². The van der Waals surface area contributed by atoms with Gasteiger partial charge >= 0.3 is 0 Å². The van der Waals surface area contributed by atoms with Crippen molar-refractivity contribution in [2.75, 3.05) is 20.7 Å². The van der Waals surface area contributed by atoms with Gasteiger partial charge in [0.15, 0.2) is 5.78 Å². The minimum Gasteiger partial charge on any atom is -0.383 e. The average molecular weight is 169 g/mol. The van der Waals surface area contributed by atoms with Crippen molar-refractivity contribution < 1.29 is 9.53 Å². The number of rotatable bonds is 3. The first-order chi connectivity index (χ1) is 5.70. The summed E-state index contributed by atoms with van der Waals surface area (Å²) in [6, 6.07) is 0. The van der Waals surface area contributed by atoms with E-state index in [1.807, 2.05) is 19.0 Å². The van der Waals surface area contributed by atoms with Crippen LogP contribution in [0.4, 0.5) is 0 Å². The fraction of sp³-hybridized carbons (Fsp3) is 0.667. The predicted octanol–water partition coefficient (Wildman–Crippen LogP) is 0.810. The van der Waals surface area contributed by atoms with Crippen LogP contribution in [0.15, 0.2) is 12.3 Å². The van der Waals surface area contributed by atoms with Crippen LogP contribution in [0, 0.1) is 0 Å². The highest BCUT2D eigenvalue weighted by atomic mass is 16.5. The first kappa shape index (κ1) is 9.26. The van der Waals surface area contributed by atoms with Gasteiger partial charge in [-0.15, -0.1) is 0 Å². The highest BCUT2D eigenvalue weighted by Gasteiger charge is 2.20. The summed E-state index contributed by atoms with van der Waals surface area (Å²) in [5, 5.41) is 0. The third kappa shape index (κ3) is 2.66. The van der Waals surface area contributed by atoms with E-state index in [-0.39, 0.29) is 11.9 Å². The fourth-order valence-corrected chi connectivity index (χ4v) is 1.13. The smallest absolute Gasteiger partial charge is 0.185 e. The van der Waals surface area contributed by atoms with Gasteiger partial charge in [-0.25, -0.2) is 0 Å². The van der Waals surface area contributed by atoms with E-state index in [2.05, 4.69) is 0 Å².